The summed E-state index contributed by atoms with van der Waals surface area (Å²) in [6.07, 6.45) is 4.60. The van der Waals surface area contributed by atoms with E-state index < -0.39 is 0 Å². The lowest BCUT2D eigenvalue weighted by Crippen LogP contribution is -2.28. The molecule has 0 radical (unpaired) electrons. The maximum Gasteiger partial charge on any atom is 0.126 e. The SMILES string of the molecule is CC(CCc1ccccc1F)NCC1CC1. The van der Waals surface area contributed by atoms with E-state index in [0.717, 1.165) is 30.9 Å². The first-order chi connectivity index (χ1) is 7.75. The Balaban J connectivity index is 1.71. The van der Waals surface area contributed by atoms with Gasteiger partial charge in [0.2, 0.25) is 0 Å². The predicted molar refractivity (Wildman–Crippen MR) is 64.9 cm³/mol. The maximum atomic E-state index is 13.3. The summed E-state index contributed by atoms with van der Waals surface area (Å²) in [6, 6.07) is 7.55. The van der Waals surface area contributed by atoms with Crippen LogP contribution in [0.4, 0.5) is 4.39 Å². The molecule has 88 valence electrons. The van der Waals surface area contributed by atoms with Crippen molar-refractivity contribution in [2.45, 2.75) is 38.6 Å². The standard InChI is InChI=1S/C14H20FN/c1-11(16-10-12-7-8-12)6-9-13-4-2-3-5-14(13)15/h2-5,11-12,16H,6-10H2,1H3. The molecule has 2 rings (SSSR count). The fourth-order valence-electron chi connectivity index (χ4n) is 1.87. The van der Waals surface area contributed by atoms with E-state index in [2.05, 4.69) is 12.2 Å². The van der Waals surface area contributed by atoms with Gasteiger partial charge in [0.15, 0.2) is 0 Å². The molecule has 0 spiro atoms. The molecular weight excluding hydrogens is 201 g/mol. The van der Waals surface area contributed by atoms with Crippen LogP contribution < -0.4 is 5.32 Å². The van der Waals surface area contributed by atoms with Crippen LogP contribution in [0.15, 0.2) is 24.3 Å². The number of halogens is 1. The number of hydrogen-bond acceptors (Lipinski definition) is 1. The van der Waals surface area contributed by atoms with E-state index >= 15 is 0 Å². The first-order valence-corrected chi connectivity index (χ1v) is 6.22. The molecule has 1 aliphatic rings. The minimum atomic E-state index is -0.0723. The van der Waals surface area contributed by atoms with Crippen molar-refractivity contribution in [1.29, 1.82) is 0 Å². The third-order valence-electron chi connectivity index (χ3n) is 3.26. The zero-order valence-corrected chi connectivity index (χ0v) is 9.88. The molecule has 1 saturated carbocycles. The Kier molecular flexibility index (Phi) is 3.94. The van der Waals surface area contributed by atoms with Crippen molar-refractivity contribution in [1.82, 2.24) is 5.32 Å². The second kappa shape index (κ2) is 5.44. The summed E-state index contributed by atoms with van der Waals surface area (Å²) in [5.74, 6) is 0.841. The summed E-state index contributed by atoms with van der Waals surface area (Å²) in [5, 5.41) is 3.51. The van der Waals surface area contributed by atoms with Gasteiger partial charge in [-0.3, -0.25) is 0 Å². The van der Waals surface area contributed by atoms with Crippen LogP contribution in [0.25, 0.3) is 0 Å². The smallest absolute Gasteiger partial charge is 0.126 e. The van der Waals surface area contributed by atoms with Gasteiger partial charge in [0, 0.05) is 6.04 Å². The van der Waals surface area contributed by atoms with Gasteiger partial charge >= 0.3 is 0 Å². The maximum absolute atomic E-state index is 13.3. The second-order valence-electron chi connectivity index (χ2n) is 4.88. The number of hydrogen-bond donors (Lipinski definition) is 1. The summed E-state index contributed by atoms with van der Waals surface area (Å²) in [5.41, 5.74) is 0.836. The van der Waals surface area contributed by atoms with E-state index in [0.29, 0.717) is 6.04 Å². The van der Waals surface area contributed by atoms with Crippen molar-refractivity contribution in [3.8, 4) is 0 Å². The quantitative estimate of drug-likeness (QED) is 0.778. The summed E-state index contributed by atoms with van der Waals surface area (Å²) < 4.78 is 13.3. The van der Waals surface area contributed by atoms with Gasteiger partial charge in [0.25, 0.3) is 0 Å². The second-order valence-corrected chi connectivity index (χ2v) is 4.88. The largest absolute Gasteiger partial charge is 0.314 e. The van der Waals surface area contributed by atoms with Crippen molar-refractivity contribution >= 4 is 0 Å². The van der Waals surface area contributed by atoms with E-state index in [9.17, 15) is 4.39 Å². The van der Waals surface area contributed by atoms with Crippen molar-refractivity contribution in [2.75, 3.05) is 6.54 Å². The minimum Gasteiger partial charge on any atom is -0.314 e. The van der Waals surface area contributed by atoms with Gasteiger partial charge in [-0.25, -0.2) is 4.39 Å². The lowest BCUT2D eigenvalue weighted by molar-refractivity contribution is 0.493. The van der Waals surface area contributed by atoms with E-state index in [1.807, 2.05) is 12.1 Å². The zero-order valence-electron chi connectivity index (χ0n) is 9.88. The molecule has 16 heavy (non-hydrogen) atoms. The normalized spacial score (nSPS) is 17.4. The van der Waals surface area contributed by atoms with Crippen LogP contribution in [-0.4, -0.2) is 12.6 Å². The molecule has 1 aliphatic carbocycles. The average Bonchev–Trinajstić information content (AvgIpc) is 3.09. The number of benzene rings is 1. The Bertz CT molecular complexity index is 333. The topological polar surface area (TPSA) is 12.0 Å². The Morgan fingerprint density at radius 3 is 2.81 bits per heavy atom. The monoisotopic (exact) mass is 221 g/mol. The summed E-state index contributed by atoms with van der Waals surface area (Å²) in [6.45, 7) is 3.32. The number of aryl methyl sites for hydroxylation is 1. The fraction of sp³-hybridized carbons (Fsp3) is 0.571. The molecular formula is C14H20FN. The van der Waals surface area contributed by atoms with Gasteiger partial charge in [0.05, 0.1) is 0 Å². The van der Waals surface area contributed by atoms with Gasteiger partial charge in [-0.1, -0.05) is 18.2 Å². The average molecular weight is 221 g/mol. The molecule has 1 N–H and O–H groups in total. The van der Waals surface area contributed by atoms with Crippen LogP contribution in [-0.2, 0) is 6.42 Å². The Morgan fingerprint density at radius 1 is 1.38 bits per heavy atom. The minimum absolute atomic E-state index is 0.0723. The number of nitrogens with one attached hydrogen (secondary N) is 1. The van der Waals surface area contributed by atoms with Crippen LogP contribution in [0.3, 0.4) is 0 Å². The summed E-state index contributed by atoms with van der Waals surface area (Å²) >= 11 is 0. The molecule has 1 aromatic rings. The van der Waals surface area contributed by atoms with Crippen molar-refractivity contribution in [3.05, 3.63) is 35.6 Å². The highest BCUT2D eigenvalue weighted by Crippen LogP contribution is 2.27. The highest BCUT2D eigenvalue weighted by molar-refractivity contribution is 5.17. The van der Waals surface area contributed by atoms with Gasteiger partial charge in [0.1, 0.15) is 5.82 Å². The van der Waals surface area contributed by atoms with Gasteiger partial charge in [-0.15, -0.1) is 0 Å². The molecule has 1 unspecified atom stereocenters. The van der Waals surface area contributed by atoms with Crippen LogP contribution in [0.2, 0.25) is 0 Å². The Labute approximate surface area is 97.1 Å². The fourth-order valence-corrected chi connectivity index (χ4v) is 1.87. The van der Waals surface area contributed by atoms with Crippen molar-refractivity contribution < 1.29 is 4.39 Å². The van der Waals surface area contributed by atoms with Crippen molar-refractivity contribution in [2.24, 2.45) is 5.92 Å². The first-order valence-electron chi connectivity index (χ1n) is 6.22. The summed E-state index contributed by atoms with van der Waals surface area (Å²) in [7, 11) is 0. The molecule has 1 nitrogen and oxygen atoms in total. The summed E-state index contributed by atoms with van der Waals surface area (Å²) in [4.78, 5) is 0. The van der Waals surface area contributed by atoms with Crippen LogP contribution >= 0.6 is 0 Å². The predicted octanol–water partition coefficient (Wildman–Crippen LogP) is 3.15. The molecule has 2 heteroatoms. The molecule has 0 aromatic heterocycles. The molecule has 0 saturated heterocycles. The lowest BCUT2D eigenvalue weighted by Gasteiger charge is -2.13. The lowest BCUT2D eigenvalue weighted by atomic mass is 10.1. The molecule has 0 heterocycles. The third kappa shape index (κ3) is 3.60. The highest BCUT2D eigenvalue weighted by Gasteiger charge is 2.21. The van der Waals surface area contributed by atoms with Crippen LogP contribution in [0, 0.1) is 11.7 Å². The third-order valence-corrected chi connectivity index (χ3v) is 3.26. The van der Waals surface area contributed by atoms with Gasteiger partial charge in [-0.05, 0) is 56.7 Å². The molecule has 0 bridgehead atoms. The van der Waals surface area contributed by atoms with Crippen LogP contribution in [0.1, 0.15) is 31.7 Å². The van der Waals surface area contributed by atoms with Gasteiger partial charge < -0.3 is 5.32 Å². The molecule has 1 aromatic carbocycles. The van der Waals surface area contributed by atoms with E-state index in [1.165, 1.54) is 18.9 Å². The van der Waals surface area contributed by atoms with Crippen LogP contribution in [0.5, 0.6) is 0 Å². The first kappa shape index (κ1) is 11.6. The Hall–Kier alpha value is -0.890. The molecule has 0 amide bonds. The van der Waals surface area contributed by atoms with Gasteiger partial charge in [-0.2, -0.15) is 0 Å². The zero-order chi connectivity index (χ0) is 11.4. The van der Waals surface area contributed by atoms with E-state index in [4.69, 9.17) is 0 Å². The Morgan fingerprint density at radius 2 is 2.12 bits per heavy atom. The highest BCUT2D eigenvalue weighted by atomic mass is 19.1. The van der Waals surface area contributed by atoms with E-state index in [-0.39, 0.29) is 5.82 Å². The number of rotatable bonds is 6. The van der Waals surface area contributed by atoms with E-state index in [1.54, 1.807) is 6.07 Å². The molecule has 1 fully saturated rings. The molecule has 0 aliphatic heterocycles. The molecule has 1 atom stereocenters. The van der Waals surface area contributed by atoms with Crippen molar-refractivity contribution in [3.63, 3.8) is 0 Å².